The van der Waals surface area contributed by atoms with E-state index in [1.807, 2.05) is 19.1 Å². The number of hydrogen-bond donors (Lipinski definition) is 1. The molecular weight excluding hydrogens is 500 g/mol. The summed E-state index contributed by atoms with van der Waals surface area (Å²) in [7, 11) is 1.77. The van der Waals surface area contributed by atoms with Gasteiger partial charge >= 0.3 is 5.97 Å². The van der Waals surface area contributed by atoms with Gasteiger partial charge in [0.1, 0.15) is 5.82 Å². The first-order chi connectivity index (χ1) is 14.1. The summed E-state index contributed by atoms with van der Waals surface area (Å²) in [5.41, 5.74) is 0.992. The summed E-state index contributed by atoms with van der Waals surface area (Å²) in [6.45, 7) is 5.79. The minimum Gasteiger partial charge on any atom is -0.466 e. The fourth-order valence-corrected chi connectivity index (χ4v) is 4.34. The van der Waals surface area contributed by atoms with Gasteiger partial charge in [-0.1, -0.05) is 12.1 Å². The number of carbonyl (C=O) groups excluding carboxylic acids is 1. The third-order valence-corrected chi connectivity index (χ3v) is 6.04. The highest BCUT2D eigenvalue weighted by molar-refractivity contribution is 14.0. The van der Waals surface area contributed by atoms with Gasteiger partial charge in [0.2, 0.25) is 0 Å². The Morgan fingerprint density at radius 3 is 2.67 bits per heavy atom. The molecule has 0 radical (unpaired) electrons. The number of nitrogens with one attached hydrogen (secondary N) is 1. The molecule has 6 nitrogen and oxygen atoms in total. The van der Waals surface area contributed by atoms with E-state index in [2.05, 4.69) is 15.2 Å². The van der Waals surface area contributed by atoms with Gasteiger partial charge in [-0.3, -0.25) is 9.79 Å². The predicted molar refractivity (Wildman–Crippen MR) is 126 cm³/mol. The number of ether oxygens (including phenoxy) is 2. The molecule has 1 aromatic rings. The summed E-state index contributed by atoms with van der Waals surface area (Å²) in [6, 6.07) is 6.80. The SMILES string of the molecule is CCOC(=O)C1CCCN(C(=NC)NCC2(c3ccc(F)cc3)CCOCC2)C1.I. The third-order valence-electron chi connectivity index (χ3n) is 6.04. The first-order valence-corrected chi connectivity index (χ1v) is 10.5. The minimum absolute atomic E-state index is 0. The summed E-state index contributed by atoms with van der Waals surface area (Å²) < 4.78 is 24.2. The average Bonchev–Trinajstić information content (AvgIpc) is 2.76. The van der Waals surface area contributed by atoms with Crippen molar-refractivity contribution < 1.29 is 18.7 Å². The number of nitrogens with zero attached hydrogens (tertiary/aromatic N) is 2. The zero-order chi connectivity index (χ0) is 20.7. The minimum atomic E-state index is -0.224. The molecule has 0 saturated carbocycles. The summed E-state index contributed by atoms with van der Waals surface area (Å²) >= 11 is 0. The quantitative estimate of drug-likeness (QED) is 0.272. The Morgan fingerprint density at radius 1 is 1.33 bits per heavy atom. The van der Waals surface area contributed by atoms with Crippen molar-refractivity contribution >= 4 is 35.9 Å². The Balaban J connectivity index is 0.00000320. The topological polar surface area (TPSA) is 63.2 Å². The molecule has 3 rings (SSSR count). The van der Waals surface area contributed by atoms with Crippen molar-refractivity contribution in [3.63, 3.8) is 0 Å². The zero-order valence-corrected chi connectivity index (χ0v) is 20.2. The van der Waals surface area contributed by atoms with Crippen LogP contribution in [0.3, 0.4) is 0 Å². The van der Waals surface area contributed by atoms with Crippen LogP contribution in [0.1, 0.15) is 38.2 Å². The van der Waals surface area contributed by atoms with Crippen molar-refractivity contribution in [1.82, 2.24) is 10.2 Å². The van der Waals surface area contributed by atoms with E-state index in [9.17, 15) is 9.18 Å². The number of rotatable bonds is 5. The van der Waals surface area contributed by atoms with Crippen LogP contribution in [0.2, 0.25) is 0 Å². The summed E-state index contributed by atoms with van der Waals surface area (Å²) in [4.78, 5) is 18.8. The van der Waals surface area contributed by atoms with Gasteiger partial charge in [-0.15, -0.1) is 24.0 Å². The van der Waals surface area contributed by atoms with Crippen LogP contribution in [0.4, 0.5) is 4.39 Å². The fraction of sp³-hybridized carbons (Fsp3) is 0.636. The second kappa shape index (κ2) is 11.8. The second-order valence-electron chi connectivity index (χ2n) is 7.84. The lowest BCUT2D eigenvalue weighted by atomic mass is 9.74. The Labute approximate surface area is 195 Å². The molecule has 2 aliphatic rings. The molecule has 30 heavy (non-hydrogen) atoms. The normalized spacial score (nSPS) is 21.5. The van der Waals surface area contributed by atoms with E-state index in [0.29, 0.717) is 32.9 Å². The smallest absolute Gasteiger partial charge is 0.310 e. The number of hydrogen-bond acceptors (Lipinski definition) is 4. The lowest BCUT2D eigenvalue weighted by Crippen LogP contribution is -2.52. The van der Waals surface area contributed by atoms with Crippen molar-refractivity contribution in [3.05, 3.63) is 35.6 Å². The van der Waals surface area contributed by atoms with Crippen molar-refractivity contribution in [1.29, 1.82) is 0 Å². The molecule has 2 fully saturated rings. The Kier molecular flexibility index (Phi) is 9.80. The number of benzene rings is 1. The van der Waals surface area contributed by atoms with Gasteiger partial charge < -0.3 is 19.7 Å². The maximum absolute atomic E-state index is 13.4. The number of piperidine rings is 1. The van der Waals surface area contributed by atoms with Crippen LogP contribution >= 0.6 is 24.0 Å². The molecule has 1 unspecified atom stereocenters. The number of esters is 1. The largest absolute Gasteiger partial charge is 0.466 e. The van der Waals surface area contributed by atoms with Gasteiger partial charge in [0.25, 0.3) is 0 Å². The van der Waals surface area contributed by atoms with E-state index in [1.54, 1.807) is 7.05 Å². The highest BCUT2D eigenvalue weighted by Crippen LogP contribution is 2.34. The van der Waals surface area contributed by atoms with E-state index in [1.165, 1.54) is 12.1 Å². The van der Waals surface area contributed by atoms with Crippen LogP contribution in [0.5, 0.6) is 0 Å². The predicted octanol–water partition coefficient (Wildman–Crippen LogP) is 3.34. The van der Waals surface area contributed by atoms with Crippen molar-refractivity contribution in [2.24, 2.45) is 10.9 Å². The van der Waals surface area contributed by atoms with Crippen molar-refractivity contribution in [3.8, 4) is 0 Å². The summed E-state index contributed by atoms with van der Waals surface area (Å²) in [5, 5.41) is 3.53. The molecule has 1 N–H and O–H groups in total. The average molecular weight is 533 g/mol. The lowest BCUT2D eigenvalue weighted by molar-refractivity contribution is -0.149. The number of halogens is 2. The van der Waals surface area contributed by atoms with Gasteiger partial charge in [0.15, 0.2) is 5.96 Å². The third kappa shape index (κ3) is 6.06. The molecule has 2 aliphatic heterocycles. The molecule has 0 bridgehead atoms. The number of carbonyl (C=O) groups is 1. The molecule has 0 amide bonds. The maximum Gasteiger partial charge on any atom is 0.310 e. The molecule has 1 aromatic carbocycles. The molecule has 0 aromatic heterocycles. The standard InChI is InChI=1S/C22H32FN3O3.HI/c1-3-29-20(27)17-5-4-12-26(15-17)21(24-2)25-16-22(10-13-28-14-11-22)18-6-8-19(23)9-7-18;/h6-9,17H,3-5,10-16H2,1-2H3,(H,24,25);1H. The van der Waals surface area contributed by atoms with Crippen LogP contribution in [0, 0.1) is 11.7 Å². The van der Waals surface area contributed by atoms with Crippen LogP contribution in [0.25, 0.3) is 0 Å². The maximum atomic E-state index is 13.4. The Morgan fingerprint density at radius 2 is 2.03 bits per heavy atom. The van der Waals surface area contributed by atoms with Crippen LogP contribution in [-0.2, 0) is 19.7 Å². The monoisotopic (exact) mass is 533 g/mol. The van der Waals surface area contributed by atoms with E-state index in [-0.39, 0.29) is 47.1 Å². The first kappa shape index (κ1) is 24.8. The van der Waals surface area contributed by atoms with Gasteiger partial charge in [-0.2, -0.15) is 0 Å². The van der Waals surface area contributed by atoms with E-state index in [0.717, 1.165) is 43.8 Å². The Hall–Kier alpha value is -1.42. The first-order valence-electron chi connectivity index (χ1n) is 10.5. The van der Waals surface area contributed by atoms with Gasteiger partial charge in [-0.05, 0) is 50.3 Å². The van der Waals surface area contributed by atoms with Gasteiger partial charge in [0, 0.05) is 45.3 Å². The Bertz CT molecular complexity index is 708. The van der Waals surface area contributed by atoms with Gasteiger partial charge in [-0.25, -0.2) is 4.39 Å². The van der Waals surface area contributed by atoms with E-state index in [4.69, 9.17) is 9.47 Å². The fourth-order valence-electron chi connectivity index (χ4n) is 4.34. The highest BCUT2D eigenvalue weighted by atomic mass is 127. The molecule has 168 valence electrons. The number of aliphatic imine (C=N–C) groups is 1. The summed E-state index contributed by atoms with van der Waals surface area (Å²) in [6.07, 6.45) is 3.52. The van der Waals surface area contributed by atoms with Crippen LogP contribution in [-0.4, -0.2) is 63.3 Å². The molecule has 0 spiro atoms. The van der Waals surface area contributed by atoms with Crippen LogP contribution < -0.4 is 5.32 Å². The van der Waals surface area contributed by atoms with Crippen molar-refractivity contribution in [2.45, 2.75) is 38.0 Å². The second-order valence-corrected chi connectivity index (χ2v) is 7.84. The van der Waals surface area contributed by atoms with E-state index >= 15 is 0 Å². The van der Waals surface area contributed by atoms with E-state index < -0.39 is 0 Å². The molecule has 0 aliphatic carbocycles. The highest BCUT2D eigenvalue weighted by Gasteiger charge is 2.36. The zero-order valence-electron chi connectivity index (χ0n) is 17.9. The molecular formula is C22H33FIN3O3. The van der Waals surface area contributed by atoms with Crippen molar-refractivity contribution in [2.75, 3.05) is 46.5 Å². The molecule has 8 heteroatoms. The molecule has 1 atom stereocenters. The van der Waals surface area contributed by atoms with Crippen LogP contribution in [0.15, 0.2) is 29.3 Å². The molecule has 2 saturated heterocycles. The molecule has 2 heterocycles. The summed E-state index contributed by atoms with van der Waals surface area (Å²) in [5.74, 6) is 0.335. The van der Waals surface area contributed by atoms with Gasteiger partial charge in [0.05, 0.1) is 12.5 Å². The number of likely N-dealkylation sites (tertiary alicyclic amines) is 1. The lowest BCUT2D eigenvalue weighted by Gasteiger charge is -2.40. The number of guanidine groups is 1.